The van der Waals surface area contributed by atoms with Gasteiger partial charge >= 0.3 is 11.9 Å². The lowest BCUT2D eigenvalue weighted by Gasteiger charge is -2.05. The van der Waals surface area contributed by atoms with Crippen LogP contribution < -0.4 is 10.0 Å². The molecule has 0 radical (unpaired) electrons. The van der Waals surface area contributed by atoms with Crippen molar-refractivity contribution < 1.29 is 32.6 Å². The molecule has 0 bridgehead atoms. The SMILES string of the molecule is CCOC(=O)c1[nH]c(C=C2C(=O)Nc3ccc(S(=O)(=O)NC)cc32)c(CCC(=O)O)c1C. The maximum atomic E-state index is 12.6. The number of nitrogens with one attached hydrogen (secondary N) is 3. The van der Waals surface area contributed by atoms with Crippen molar-refractivity contribution in [2.75, 3.05) is 19.0 Å². The van der Waals surface area contributed by atoms with Crippen molar-refractivity contribution in [1.29, 1.82) is 0 Å². The summed E-state index contributed by atoms with van der Waals surface area (Å²) >= 11 is 0. The van der Waals surface area contributed by atoms with E-state index in [-0.39, 0.29) is 35.6 Å². The molecule has 32 heavy (non-hydrogen) atoms. The zero-order valence-corrected chi connectivity index (χ0v) is 18.6. The third kappa shape index (κ3) is 4.43. The molecule has 0 spiro atoms. The first-order valence-electron chi connectivity index (χ1n) is 9.80. The number of carboxylic acid groups (broad SMARTS) is 1. The van der Waals surface area contributed by atoms with E-state index in [1.807, 2.05) is 0 Å². The summed E-state index contributed by atoms with van der Waals surface area (Å²) in [5.41, 5.74) is 2.64. The largest absolute Gasteiger partial charge is 0.481 e. The number of rotatable bonds is 8. The third-order valence-electron chi connectivity index (χ3n) is 5.12. The Labute approximate surface area is 184 Å². The fourth-order valence-electron chi connectivity index (χ4n) is 3.48. The number of benzene rings is 1. The molecule has 1 aromatic heterocycles. The number of aromatic amines is 1. The van der Waals surface area contributed by atoms with Gasteiger partial charge in [0, 0.05) is 23.4 Å². The summed E-state index contributed by atoms with van der Waals surface area (Å²) in [4.78, 5) is 39.0. The second-order valence-electron chi connectivity index (χ2n) is 7.06. The average Bonchev–Trinajstić information content (AvgIpc) is 3.22. The van der Waals surface area contributed by atoms with Gasteiger partial charge in [-0.25, -0.2) is 17.9 Å². The van der Waals surface area contributed by atoms with Crippen molar-refractivity contribution in [3.63, 3.8) is 0 Å². The Morgan fingerprint density at radius 2 is 2.00 bits per heavy atom. The van der Waals surface area contributed by atoms with Crippen LogP contribution in [0, 0.1) is 6.92 Å². The molecule has 1 aromatic carbocycles. The highest BCUT2D eigenvalue weighted by Gasteiger charge is 2.28. The molecular weight excluding hydrogens is 438 g/mol. The van der Waals surface area contributed by atoms with Crippen molar-refractivity contribution in [1.82, 2.24) is 9.71 Å². The number of fused-ring (bicyclic) bond motifs is 1. The number of ether oxygens (including phenoxy) is 1. The molecule has 4 N–H and O–H groups in total. The van der Waals surface area contributed by atoms with Gasteiger partial charge in [-0.2, -0.15) is 0 Å². The fourth-order valence-corrected chi connectivity index (χ4v) is 4.24. The van der Waals surface area contributed by atoms with E-state index in [1.54, 1.807) is 13.8 Å². The molecule has 0 saturated carbocycles. The van der Waals surface area contributed by atoms with E-state index >= 15 is 0 Å². The normalized spacial score (nSPS) is 14.3. The molecule has 170 valence electrons. The first kappa shape index (κ1) is 23.2. The summed E-state index contributed by atoms with van der Waals surface area (Å²) in [7, 11) is -2.44. The van der Waals surface area contributed by atoms with Crippen molar-refractivity contribution in [3.05, 3.63) is 46.3 Å². The molecule has 2 aromatic rings. The lowest BCUT2D eigenvalue weighted by Crippen LogP contribution is -2.18. The number of aromatic nitrogens is 1. The smallest absolute Gasteiger partial charge is 0.355 e. The molecule has 2 heterocycles. The number of carbonyl (C=O) groups is 3. The van der Waals surface area contributed by atoms with Gasteiger partial charge < -0.3 is 20.1 Å². The second kappa shape index (κ2) is 8.97. The van der Waals surface area contributed by atoms with Crippen molar-refractivity contribution >= 4 is 45.2 Å². The summed E-state index contributed by atoms with van der Waals surface area (Å²) < 4.78 is 31.7. The minimum Gasteiger partial charge on any atom is -0.481 e. The highest BCUT2D eigenvalue weighted by Crippen LogP contribution is 2.36. The molecule has 0 saturated heterocycles. The van der Waals surface area contributed by atoms with Crippen LogP contribution in [0.3, 0.4) is 0 Å². The van der Waals surface area contributed by atoms with Crippen LogP contribution in [0.1, 0.15) is 46.2 Å². The average molecular weight is 461 g/mol. The maximum Gasteiger partial charge on any atom is 0.355 e. The molecule has 1 aliphatic rings. The van der Waals surface area contributed by atoms with Crippen LogP contribution in [0.15, 0.2) is 23.1 Å². The highest BCUT2D eigenvalue weighted by molar-refractivity contribution is 7.89. The van der Waals surface area contributed by atoms with E-state index in [4.69, 9.17) is 9.84 Å². The number of esters is 1. The number of hydrogen-bond donors (Lipinski definition) is 4. The van der Waals surface area contributed by atoms with Crippen molar-refractivity contribution in [2.24, 2.45) is 0 Å². The number of amides is 1. The Kier molecular flexibility index (Phi) is 6.51. The van der Waals surface area contributed by atoms with Gasteiger partial charge in [0.05, 0.1) is 17.1 Å². The Hall–Kier alpha value is -3.44. The van der Waals surface area contributed by atoms with Gasteiger partial charge in [0.15, 0.2) is 0 Å². The van der Waals surface area contributed by atoms with E-state index in [0.717, 1.165) is 0 Å². The monoisotopic (exact) mass is 461 g/mol. The van der Waals surface area contributed by atoms with Gasteiger partial charge in [-0.15, -0.1) is 0 Å². The van der Waals surface area contributed by atoms with E-state index in [0.29, 0.717) is 28.1 Å². The number of carboxylic acids is 1. The van der Waals surface area contributed by atoms with E-state index in [9.17, 15) is 22.8 Å². The number of H-pyrrole nitrogens is 1. The topological polar surface area (TPSA) is 155 Å². The lowest BCUT2D eigenvalue weighted by molar-refractivity contribution is -0.137. The summed E-state index contributed by atoms with van der Waals surface area (Å²) in [6, 6.07) is 4.25. The number of sulfonamides is 1. The van der Waals surface area contributed by atoms with Gasteiger partial charge in [0.1, 0.15) is 5.69 Å². The number of aliphatic carboxylic acids is 1. The van der Waals surface area contributed by atoms with Gasteiger partial charge in [0.2, 0.25) is 10.0 Å². The standard InChI is InChI=1S/C21H23N3O7S/c1-4-31-21(28)19-11(2)13(6-8-18(25)26)17(23-19)10-15-14-9-12(32(29,30)22-3)5-7-16(14)24-20(15)27/h5,7,9-10,22-23H,4,6,8H2,1-3H3,(H,24,27)(H,25,26). The Bertz CT molecular complexity index is 1240. The third-order valence-corrected chi connectivity index (χ3v) is 6.53. The number of hydrogen-bond acceptors (Lipinski definition) is 6. The minimum absolute atomic E-state index is 0.0119. The van der Waals surface area contributed by atoms with Crippen LogP contribution in [0.2, 0.25) is 0 Å². The molecule has 1 aliphatic heterocycles. The van der Waals surface area contributed by atoms with Crippen LogP contribution in [0.25, 0.3) is 11.6 Å². The number of carbonyl (C=O) groups excluding carboxylic acids is 2. The predicted octanol–water partition coefficient (Wildman–Crippen LogP) is 1.92. The van der Waals surface area contributed by atoms with Gasteiger partial charge in [0.25, 0.3) is 5.91 Å². The zero-order chi connectivity index (χ0) is 23.6. The molecule has 0 aliphatic carbocycles. The summed E-state index contributed by atoms with van der Waals surface area (Å²) in [6.45, 7) is 3.50. The molecule has 0 atom stereocenters. The van der Waals surface area contributed by atoms with Crippen LogP contribution in [0.4, 0.5) is 5.69 Å². The van der Waals surface area contributed by atoms with Crippen molar-refractivity contribution in [2.45, 2.75) is 31.6 Å². The van der Waals surface area contributed by atoms with Gasteiger partial charge in [-0.05, 0) is 62.7 Å². The summed E-state index contributed by atoms with van der Waals surface area (Å²) in [5, 5.41) is 11.8. The van der Waals surface area contributed by atoms with Gasteiger partial charge in [-0.3, -0.25) is 9.59 Å². The van der Waals surface area contributed by atoms with E-state index in [2.05, 4.69) is 15.0 Å². The molecule has 0 fully saturated rings. The molecule has 3 rings (SSSR count). The van der Waals surface area contributed by atoms with Crippen LogP contribution in [-0.2, 0) is 30.8 Å². The Balaban J connectivity index is 2.14. The first-order chi connectivity index (χ1) is 15.1. The maximum absolute atomic E-state index is 12.6. The molecule has 0 unspecified atom stereocenters. The first-order valence-corrected chi connectivity index (χ1v) is 11.3. The van der Waals surface area contributed by atoms with E-state index < -0.39 is 27.9 Å². The molecule has 11 heteroatoms. The number of anilines is 1. The molecular formula is C21H23N3O7S. The van der Waals surface area contributed by atoms with Crippen LogP contribution in [-0.4, -0.2) is 50.0 Å². The van der Waals surface area contributed by atoms with E-state index in [1.165, 1.54) is 31.3 Å². The summed E-state index contributed by atoms with van der Waals surface area (Å²) in [5.74, 6) is -2.05. The minimum atomic E-state index is -3.73. The zero-order valence-electron chi connectivity index (χ0n) is 17.7. The second-order valence-corrected chi connectivity index (χ2v) is 8.95. The predicted molar refractivity (Wildman–Crippen MR) is 117 cm³/mol. The Morgan fingerprint density at radius 3 is 2.62 bits per heavy atom. The molecule has 10 nitrogen and oxygen atoms in total. The van der Waals surface area contributed by atoms with Crippen LogP contribution in [0.5, 0.6) is 0 Å². The highest BCUT2D eigenvalue weighted by atomic mass is 32.2. The lowest BCUT2D eigenvalue weighted by atomic mass is 10.0. The fraction of sp³-hybridized carbons (Fsp3) is 0.286. The summed E-state index contributed by atoms with van der Waals surface area (Å²) in [6.07, 6.45) is 1.44. The molecule has 1 amide bonds. The van der Waals surface area contributed by atoms with Gasteiger partial charge in [-0.1, -0.05) is 0 Å². The van der Waals surface area contributed by atoms with Crippen LogP contribution >= 0.6 is 0 Å². The quantitative estimate of drug-likeness (QED) is 0.346. The Morgan fingerprint density at radius 1 is 1.28 bits per heavy atom. The van der Waals surface area contributed by atoms with Crippen molar-refractivity contribution in [3.8, 4) is 0 Å².